The quantitative estimate of drug-likeness (QED) is 0.697. The number of hydrogen-bond acceptors (Lipinski definition) is 3. The lowest BCUT2D eigenvalue weighted by Gasteiger charge is -2.30. The van der Waals surface area contributed by atoms with Crippen molar-refractivity contribution in [2.75, 3.05) is 26.2 Å². The molecule has 82 valence electrons. The summed E-state index contributed by atoms with van der Waals surface area (Å²) in [6.07, 6.45) is 3.50. The number of nitrogens with two attached hydrogens (primary N) is 1. The third kappa shape index (κ3) is 4.07. The molecule has 4 heteroatoms. The van der Waals surface area contributed by atoms with Crippen molar-refractivity contribution in [2.24, 2.45) is 5.73 Å². The summed E-state index contributed by atoms with van der Waals surface area (Å²) in [6, 6.07) is 0. The van der Waals surface area contributed by atoms with Crippen molar-refractivity contribution in [1.29, 1.82) is 0 Å². The monoisotopic (exact) mass is 200 g/mol. The third-order valence-electron chi connectivity index (χ3n) is 2.47. The highest BCUT2D eigenvalue weighted by atomic mass is 16.5. The van der Waals surface area contributed by atoms with Gasteiger partial charge in [-0.2, -0.15) is 0 Å². The first-order valence-corrected chi connectivity index (χ1v) is 5.34. The van der Waals surface area contributed by atoms with Crippen molar-refractivity contribution in [1.82, 2.24) is 4.90 Å². The van der Waals surface area contributed by atoms with Gasteiger partial charge in [-0.05, 0) is 19.3 Å². The average Bonchev–Trinajstić information content (AvgIpc) is 2.16. The molecule has 0 unspecified atom stereocenters. The van der Waals surface area contributed by atoms with E-state index in [0.717, 1.165) is 39.0 Å². The predicted molar refractivity (Wildman–Crippen MR) is 54.9 cm³/mol. The summed E-state index contributed by atoms with van der Waals surface area (Å²) < 4.78 is 5.64. The second-order valence-electron chi connectivity index (χ2n) is 3.81. The smallest absolute Gasteiger partial charge is 0.231 e. The van der Waals surface area contributed by atoms with Crippen molar-refractivity contribution in [3.8, 4) is 0 Å². The average molecular weight is 200 g/mol. The lowest BCUT2D eigenvalue weighted by Crippen LogP contribution is -2.41. The van der Waals surface area contributed by atoms with Crippen LogP contribution in [0.5, 0.6) is 0 Å². The van der Waals surface area contributed by atoms with E-state index in [-0.39, 0.29) is 5.91 Å². The van der Waals surface area contributed by atoms with Gasteiger partial charge in [-0.3, -0.25) is 9.69 Å². The minimum absolute atomic E-state index is 0.238. The molecular formula is C10H20N2O2. The van der Waals surface area contributed by atoms with E-state index in [9.17, 15) is 4.79 Å². The molecule has 1 saturated heterocycles. The summed E-state index contributed by atoms with van der Waals surface area (Å²) in [7, 11) is 0. The molecule has 0 spiro atoms. The zero-order valence-electron chi connectivity index (χ0n) is 8.87. The van der Waals surface area contributed by atoms with E-state index in [2.05, 4.69) is 11.8 Å². The van der Waals surface area contributed by atoms with Crippen molar-refractivity contribution in [2.45, 2.75) is 32.3 Å². The standard InChI is InChI=1S/C10H20N2O2/c1-2-7-14-9-3-5-12(6-4-9)8-10(11)13/h9H,2-8H2,1H3,(H2,11,13). The Labute approximate surface area is 85.4 Å². The van der Waals surface area contributed by atoms with E-state index in [1.807, 2.05) is 0 Å². The lowest BCUT2D eigenvalue weighted by molar-refractivity contribution is -0.119. The highest BCUT2D eigenvalue weighted by Gasteiger charge is 2.19. The van der Waals surface area contributed by atoms with Gasteiger partial charge >= 0.3 is 0 Å². The first-order chi connectivity index (χ1) is 6.72. The molecule has 1 amide bonds. The fourth-order valence-electron chi connectivity index (χ4n) is 1.74. The summed E-state index contributed by atoms with van der Waals surface area (Å²) in [5.74, 6) is -0.238. The number of piperidine rings is 1. The number of primary amides is 1. The number of carbonyl (C=O) groups is 1. The number of carbonyl (C=O) groups excluding carboxylic acids is 1. The van der Waals surface area contributed by atoms with Crippen molar-refractivity contribution >= 4 is 5.91 Å². The van der Waals surface area contributed by atoms with Gasteiger partial charge in [0, 0.05) is 19.7 Å². The predicted octanol–water partition coefficient (Wildman–Crippen LogP) is 0.363. The van der Waals surface area contributed by atoms with Gasteiger partial charge in [-0.1, -0.05) is 6.92 Å². The molecule has 0 aromatic rings. The van der Waals surface area contributed by atoms with E-state index in [0.29, 0.717) is 12.6 Å². The second-order valence-corrected chi connectivity index (χ2v) is 3.81. The molecule has 1 aliphatic heterocycles. The van der Waals surface area contributed by atoms with Gasteiger partial charge in [0.1, 0.15) is 0 Å². The zero-order valence-corrected chi connectivity index (χ0v) is 8.87. The Morgan fingerprint density at radius 3 is 2.64 bits per heavy atom. The van der Waals surface area contributed by atoms with Crippen LogP contribution in [0.25, 0.3) is 0 Å². The molecule has 14 heavy (non-hydrogen) atoms. The first kappa shape index (κ1) is 11.5. The van der Waals surface area contributed by atoms with Gasteiger partial charge in [0.2, 0.25) is 5.91 Å². The zero-order chi connectivity index (χ0) is 10.4. The topological polar surface area (TPSA) is 55.6 Å². The van der Waals surface area contributed by atoms with Crippen LogP contribution in [-0.4, -0.2) is 43.2 Å². The Bertz CT molecular complexity index is 177. The molecule has 0 aliphatic carbocycles. The molecule has 1 rings (SSSR count). The molecule has 2 N–H and O–H groups in total. The normalized spacial score (nSPS) is 19.8. The van der Waals surface area contributed by atoms with Gasteiger partial charge in [0.05, 0.1) is 12.6 Å². The maximum atomic E-state index is 10.7. The maximum absolute atomic E-state index is 10.7. The summed E-state index contributed by atoms with van der Waals surface area (Å²) in [6.45, 7) is 5.21. The third-order valence-corrected chi connectivity index (χ3v) is 2.47. The van der Waals surface area contributed by atoms with Crippen LogP contribution in [0.2, 0.25) is 0 Å². The molecule has 0 bridgehead atoms. The molecule has 1 heterocycles. The molecule has 4 nitrogen and oxygen atoms in total. The molecule has 0 aromatic heterocycles. The fraction of sp³-hybridized carbons (Fsp3) is 0.900. The second kappa shape index (κ2) is 5.98. The minimum Gasteiger partial charge on any atom is -0.378 e. The molecule has 1 fully saturated rings. The van der Waals surface area contributed by atoms with E-state index >= 15 is 0 Å². The van der Waals surface area contributed by atoms with Crippen LogP contribution >= 0.6 is 0 Å². The Balaban J connectivity index is 2.14. The van der Waals surface area contributed by atoms with Crippen LogP contribution in [0.1, 0.15) is 26.2 Å². The van der Waals surface area contributed by atoms with Crippen molar-refractivity contribution < 1.29 is 9.53 Å². The number of rotatable bonds is 5. The number of ether oxygens (including phenoxy) is 1. The summed E-state index contributed by atoms with van der Waals surface area (Å²) in [4.78, 5) is 12.8. The van der Waals surface area contributed by atoms with Crippen molar-refractivity contribution in [3.05, 3.63) is 0 Å². The van der Waals surface area contributed by atoms with Crippen molar-refractivity contribution in [3.63, 3.8) is 0 Å². The Morgan fingerprint density at radius 2 is 2.14 bits per heavy atom. The number of likely N-dealkylation sites (tertiary alicyclic amines) is 1. The van der Waals surface area contributed by atoms with Crippen LogP contribution in [0.3, 0.4) is 0 Å². The largest absolute Gasteiger partial charge is 0.378 e. The molecule has 1 aliphatic rings. The maximum Gasteiger partial charge on any atom is 0.231 e. The van der Waals surface area contributed by atoms with Gasteiger partial charge in [-0.15, -0.1) is 0 Å². The number of nitrogens with zero attached hydrogens (tertiary/aromatic N) is 1. The van der Waals surface area contributed by atoms with Crippen LogP contribution in [-0.2, 0) is 9.53 Å². The Morgan fingerprint density at radius 1 is 1.50 bits per heavy atom. The van der Waals surface area contributed by atoms with Crippen LogP contribution in [0.4, 0.5) is 0 Å². The molecule has 0 atom stereocenters. The highest BCUT2D eigenvalue weighted by molar-refractivity contribution is 5.75. The highest BCUT2D eigenvalue weighted by Crippen LogP contribution is 2.13. The summed E-state index contributed by atoms with van der Waals surface area (Å²) >= 11 is 0. The van der Waals surface area contributed by atoms with Gasteiger partial charge < -0.3 is 10.5 Å². The van der Waals surface area contributed by atoms with Gasteiger partial charge in [0.15, 0.2) is 0 Å². The molecule has 0 radical (unpaired) electrons. The number of amides is 1. The van der Waals surface area contributed by atoms with Crippen LogP contribution < -0.4 is 5.73 Å². The Hall–Kier alpha value is -0.610. The van der Waals surface area contributed by atoms with Gasteiger partial charge in [0.25, 0.3) is 0 Å². The first-order valence-electron chi connectivity index (χ1n) is 5.34. The summed E-state index contributed by atoms with van der Waals surface area (Å²) in [5, 5.41) is 0. The van der Waals surface area contributed by atoms with Gasteiger partial charge in [-0.25, -0.2) is 0 Å². The Kier molecular flexibility index (Phi) is 4.90. The van der Waals surface area contributed by atoms with E-state index < -0.39 is 0 Å². The molecular weight excluding hydrogens is 180 g/mol. The van der Waals surface area contributed by atoms with E-state index in [4.69, 9.17) is 10.5 Å². The van der Waals surface area contributed by atoms with E-state index in [1.54, 1.807) is 0 Å². The number of hydrogen-bond donors (Lipinski definition) is 1. The fourth-order valence-corrected chi connectivity index (χ4v) is 1.74. The van der Waals surface area contributed by atoms with E-state index in [1.165, 1.54) is 0 Å². The minimum atomic E-state index is -0.238. The SMILES string of the molecule is CCCOC1CCN(CC(N)=O)CC1. The molecule has 0 aromatic carbocycles. The molecule has 0 saturated carbocycles. The van der Waals surface area contributed by atoms with Crippen LogP contribution in [0.15, 0.2) is 0 Å². The lowest BCUT2D eigenvalue weighted by atomic mass is 10.1. The van der Waals surface area contributed by atoms with Crippen LogP contribution in [0, 0.1) is 0 Å². The summed E-state index contributed by atoms with van der Waals surface area (Å²) in [5.41, 5.74) is 5.13.